The third-order valence-electron chi connectivity index (χ3n) is 4.33. The van der Waals surface area contributed by atoms with E-state index < -0.39 is 23.4 Å². The van der Waals surface area contributed by atoms with E-state index in [4.69, 9.17) is 0 Å². The number of halogens is 3. The molecular weight excluding hydrogens is 373 g/mol. The minimum absolute atomic E-state index is 0.0816. The van der Waals surface area contributed by atoms with E-state index in [9.17, 15) is 27.6 Å². The van der Waals surface area contributed by atoms with Crippen LogP contribution in [0.1, 0.15) is 62.4 Å². The third kappa shape index (κ3) is 6.65. The Balaban J connectivity index is 0.00000190. The molecule has 0 radical (unpaired) electrons. The molecule has 1 heterocycles. The number of nitrogens with zero attached hydrogens (tertiary/aromatic N) is 1. The van der Waals surface area contributed by atoms with Gasteiger partial charge in [0.2, 0.25) is 11.7 Å². The van der Waals surface area contributed by atoms with Crippen molar-refractivity contribution >= 4 is 17.6 Å². The Bertz CT molecular complexity index is 664. The fourth-order valence-corrected chi connectivity index (χ4v) is 2.84. The first-order valence-electron chi connectivity index (χ1n) is 9.52. The molecule has 0 aromatic heterocycles. The molecular formula is C20H27F3N2O3. The molecule has 2 rings (SSSR count). The minimum Gasteiger partial charge on any atom is -0.346 e. The van der Waals surface area contributed by atoms with Crippen molar-refractivity contribution in [3.8, 4) is 0 Å². The van der Waals surface area contributed by atoms with Crippen LogP contribution in [0.5, 0.6) is 0 Å². The molecule has 1 aromatic rings. The predicted molar refractivity (Wildman–Crippen MR) is 99.8 cm³/mol. The van der Waals surface area contributed by atoms with Crippen LogP contribution < -0.4 is 5.32 Å². The van der Waals surface area contributed by atoms with Crippen LogP contribution in [-0.4, -0.2) is 41.6 Å². The second-order valence-corrected chi connectivity index (χ2v) is 6.28. The zero-order valence-corrected chi connectivity index (χ0v) is 16.4. The van der Waals surface area contributed by atoms with E-state index >= 15 is 0 Å². The quantitative estimate of drug-likeness (QED) is 0.604. The molecule has 2 amide bonds. The zero-order valence-electron chi connectivity index (χ0n) is 16.4. The lowest BCUT2D eigenvalue weighted by molar-refractivity contribution is -0.137. The standard InChI is InChI=1S/C18H21F3N2O3.C2H6/c1-2-3-15(24)23-10-8-14(9-11-23)22-17(26)16(25)12-4-6-13(7-5-12)18(19,20)21;1-2/h4-7,14H,2-3,8-11H2,1H3,(H,22,26);1-2H3. The molecule has 0 unspecified atom stereocenters. The van der Waals surface area contributed by atoms with Crippen molar-refractivity contribution in [3.63, 3.8) is 0 Å². The van der Waals surface area contributed by atoms with Crippen LogP contribution >= 0.6 is 0 Å². The van der Waals surface area contributed by atoms with Gasteiger partial charge in [-0.15, -0.1) is 0 Å². The summed E-state index contributed by atoms with van der Waals surface area (Å²) in [6.45, 7) is 6.95. The van der Waals surface area contributed by atoms with Crippen LogP contribution in [0.3, 0.4) is 0 Å². The maximum absolute atomic E-state index is 12.5. The zero-order chi connectivity index (χ0) is 21.3. The average Bonchev–Trinajstić information content (AvgIpc) is 2.69. The molecule has 1 aliphatic rings. The minimum atomic E-state index is -4.49. The summed E-state index contributed by atoms with van der Waals surface area (Å²) in [6.07, 6.45) is -2.14. The van der Waals surface area contributed by atoms with Crippen molar-refractivity contribution in [2.45, 2.75) is 58.7 Å². The SMILES string of the molecule is CC.CCCC(=O)N1CCC(NC(=O)C(=O)c2ccc(C(F)(F)F)cc2)CC1. The van der Waals surface area contributed by atoms with Gasteiger partial charge >= 0.3 is 6.18 Å². The number of alkyl halides is 3. The fraction of sp³-hybridized carbons (Fsp3) is 0.550. The van der Waals surface area contributed by atoms with Crippen LogP contribution in [0, 0.1) is 0 Å². The van der Waals surface area contributed by atoms with E-state index in [0.717, 1.165) is 30.7 Å². The van der Waals surface area contributed by atoms with Crippen molar-refractivity contribution in [1.29, 1.82) is 0 Å². The van der Waals surface area contributed by atoms with Gasteiger partial charge in [0.25, 0.3) is 5.91 Å². The van der Waals surface area contributed by atoms with Gasteiger partial charge in [0, 0.05) is 31.1 Å². The number of carbonyl (C=O) groups is 3. The number of benzene rings is 1. The van der Waals surface area contributed by atoms with Gasteiger partial charge < -0.3 is 10.2 Å². The molecule has 5 nitrogen and oxygen atoms in total. The molecule has 156 valence electrons. The molecule has 1 aromatic carbocycles. The number of Topliss-reactive ketones (excluding diaryl/α,β-unsaturated/α-hetero) is 1. The van der Waals surface area contributed by atoms with Crippen molar-refractivity contribution in [1.82, 2.24) is 10.2 Å². The first-order valence-corrected chi connectivity index (χ1v) is 9.52. The molecule has 0 bridgehead atoms. The molecule has 0 atom stereocenters. The van der Waals surface area contributed by atoms with Gasteiger partial charge in [-0.3, -0.25) is 14.4 Å². The largest absolute Gasteiger partial charge is 0.416 e. The monoisotopic (exact) mass is 400 g/mol. The van der Waals surface area contributed by atoms with Gasteiger partial charge in [-0.05, 0) is 31.4 Å². The summed E-state index contributed by atoms with van der Waals surface area (Å²) in [7, 11) is 0. The van der Waals surface area contributed by atoms with Gasteiger partial charge in [-0.2, -0.15) is 13.2 Å². The maximum Gasteiger partial charge on any atom is 0.416 e. The Hall–Kier alpha value is -2.38. The lowest BCUT2D eigenvalue weighted by atomic mass is 10.0. The summed E-state index contributed by atoms with van der Waals surface area (Å²) in [4.78, 5) is 37.7. The number of piperidine rings is 1. The van der Waals surface area contributed by atoms with E-state index in [-0.39, 0.29) is 17.5 Å². The lowest BCUT2D eigenvalue weighted by Crippen LogP contribution is -2.48. The van der Waals surface area contributed by atoms with Crippen molar-refractivity contribution < 1.29 is 27.6 Å². The maximum atomic E-state index is 12.5. The topological polar surface area (TPSA) is 66.5 Å². The molecule has 28 heavy (non-hydrogen) atoms. The fourth-order valence-electron chi connectivity index (χ4n) is 2.84. The number of ketones is 1. The van der Waals surface area contributed by atoms with E-state index in [0.29, 0.717) is 32.4 Å². The lowest BCUT2D eigenvalue weighted by Gasteiger charge is -2.32. The van der Waals surface area contributed by atoms with E-state index in [1.54, 1.807) is 4.90 Å². The highest BCUT2D eigenvalue weighted by molar-refractivity contribution is 6.42. The van der Waals surface area contributed by atoms with E-state index in [1.165, 1.54) is 0 Å². The molecule has 1 aliphatic heterocycles. The molecule has 0 saturated carbocycles. The van der Waals surface area contributed by atoms with Crippen molar-refractivity contribution in [3.05, 3.63) is 35.4 Å². The molecule has 1 saturated heterocycles. The van der Waals surface area contributed by atoms with Crippen molar-refractivity contribution in [2.24, 2.45) is 0 Å². The number of hydrogen-bond donors (Lipinski definition) is 1. The smallest absolute Gasteiger partial charge is 0.346 e. The predicted octanol–water partition coefficient (Wildman–Crippen LogP) is 3.82. The molecule has 1 fully saturated rings. The van der Waals surface area contributed by atoms with Crippen LogP contribution in [-0.2, 0) is 15.8 Å². The Kier molecular flexibility index (Phi) is 9.15. The van der Waals surface area contributed by atoms with Crippen LogP contribution in [0.25, 0.3) is 0 Å². The molecule has 8 heteroatoms. The van der Waals surface area contributed by atoms with Crippen LogP contribution in [0.2, 0.25) is 0 Å². The highest BCUT2D eigenvalue weighted by Crippen LogP contribution is 2.29. The normalized spacial score (nSPS) is 14.7. The highest BCUT2D eigenvalue weighted by Gasteiger charge is 2.31. The second-order valence-electron chi connectivity index (χ2n) is 6.28. The van der Waals surface area contributed by atoms with Gasteiger partial charge in [-0.25, -0.2) is 0 Å². The van der Waals surface area contributed by atoms with E-state index in [2.05, 4.69) is 5.32 Å². The summed E-state index contributed by atoms with van der Waals surface area (Å²) in [5.41, 5.74) is -0.968. The third-order valence-corrected chi connectivity index (χ3v) is 4.33. The number of rotatable bonds is 5. The second kappa shape index (κ2) is 10.8. The molecule has 0 spiro atoms. The Morgan fingerprint density at radius 1 is 1.07 bits per heavy atom. The Labute approximate surface area is 163 Å². The summed E-state index contributed by atoms with van der Waals surface area (Å²) in [5, 5.41) is 2.60. The van der Waals surface area contributed by atoms with E-state index in [1.807, 2.05) is 20.8 Å². The first-order chi connectivity index (χ1) is 13.2. The number of likely N-dealkylation sites (tertiary alicyclic amines) is 1. The number of carbonyl (C=O) groups excluding carboxylic acids is 3. The van der Waals surface area contributed by atoms with Crippen LogP contribution in [0.4, 0.5) is 13.2 Å². The highest BCUT2D eigenvalue weighted by atomic mass is 19.4. The molecule has 0 aliphatic carbocycles. The summed E-state index contributed by atoms with van der Waals surface area (Å²) in [6, 6.07) is 3.32. The molecule has 1 N–H and O–H groups in total. The number of hydrogen-bond acceptors (Lipinski definition) is 3. The Morgan fingerprint density at radius 3 is 2.07 bits per heavy atom. The average molecular weight is 400 g/mol. The number of amides is 2. The van der Waals surface area contributed by atoms with Gasteiger partial charge in [0.15, 0.2) is 0 Å². The van der Waals surface area contributed by atoms with Crippen LogP contribution in [0.15, 0.2) is 24.3 Å². The summed E-state index contributed by atoms with van der Waals surface area (Å²) < 4.78 is 37.6. The van der Waals surface area contributed by atoms with Gasteiger partial charge in [0.05, 0.1) is 5.56 Å². The summed E-state index contributed by atoms with van der Waals surface area (Å²) in [5.74, 6) is -1.63. The number of nitrogens with one attached hydrogen (secondary N) is 1. The van der Waals surface area contributed by atoms with Gasteiger partial charge in [-0.1, -0.05) is 32.9 Å². The summed E-state index contributed by atoms with van der Waals surface area (Å²) >= 11 is 0. The first kappa shape index (κ1) is 23.7. The Morgan fingerprint density at radius 2 is 1.61 bits per heavy atom. The van der Waals surface area contributed by atoms with Crippen molar-refractivity contribution in [2.75, 3.05) is 13.1 Å². The van der Waals surface area contributed by atoms with Gasteiger partial charge in [0.1, 0.15) is 0 Å².